The fourth-order valence-corrected chi connectivity index (χ4v) is 4.33. The lowest BCUT2D eigenvalue weighted by atomic mass is 9.96. The second-order valence-corrected chi connectivity index (χ2v) is 8.58. The van der Waals surface area contributed by atoms with Gasteiger partial charge in [0.1, 0.15) is 5.75 Å². The maximum Gasteiger partial charge on any atom is 0.295 e. The maximum absolute atomic E-state index is 13.0. The molecule has 0 spiro atoms. The number of aromatic nitrogens is 2. The molecule has 0 bridgehead atoms. The van der Waals surface area contributed by atoms with Crippen LogP contribution in [0.15, 0.2) is 70.5 Å². The molecule has 0 fully saturated rings. The van der Waals surface area contributed by atoms with Gasteiger partial charge in [0.2, 0.25) is 0 Å². The highest BCUT2D eigenvalue weighted by atomic mass is 79.9. The fourth-order valence-electron chi connectivity index (χ4n) is 3.69. The largest absolute Gasteiger partial charge is 0.503 e. The van der Waals surface area contributed by atoms with Crippen LogP contribution in [0.5, 0.6) is 5.75 Å². The number of aliphatic hydroxyl groups excluding tert-OH is 1. The van der Waals surface area contributed by atoms with Gasteiger partial charge in [-0.1, -0.05) is 35.9 Å². The molecule has 9 heteroatoms. The van der Waals surface area contributed by atoms with Gasteiger partial charge >= 0.3 is 0 Å². The minimum absolute atomic E-state index is 0.0271. The van der Waals surface area contributed by atoms with Crippen LogP contribution in [-0.2, 0) is 16.1 Å². The molecule has 4 rings (SSSR count). The van der Waals surface area contributed by atoms with Crippen LogP contribution >= 0.6 is 27.5 Å². The van der Waals surface area contributed by atoms with Crippen LogP contribution in [0.2, 0.25) is 5.02 Å². The van der Waals surface area contributed by atoms with Gasteiger partial charge in [-0.3, -0.25) is 19.2 Å². The summed E-state index contributed by atoms with van der Waals surface area (Å²) in [6, 6.07) is 13.5. The third-order valence-electron chi connectivity index (χ3n) is 5.20. The Hall–Kier alpha value is -3.10. The van der Waals surface area contributed by atoms with E-state index >= 15 is 0 Å². The average molecular weight is 517 g/mol. The van der Waals surface area contributed by atoms with Gasteiger partial charge in [0.05, 0.1) is 29.7 Å². The van der Waals surface area contributed by atoms with Gasteiger partial charge in [-0.15, -0.1) is 0 Å². The van der Waals surface area contributed by atoms with E-state index in [1.165, 1.54) is 11.8 Å². The molecule has 3 aromatic rings. The molecule has 1 aromatic heterocycles. The van der Waals surface area contributed by atoms with Crippen molar-refractivity contribution in [2.75, 3.05) is 12.0 Å². The molecule has 0 saturated heterocycles. The van der Waals surface area contributed by atoms with Gasteiger partial charge in [-0.05, 0) is 58.2 Å². The molecule has 2 heterocycles. The first-order valence-corrected chi connectivity index (χ1v) is 10.9. The molecule has 0 saturated carbocycles. The molecule has 0 unspecified atom stereocenters. The topological polar surface area (TPSA) is 84.7 Å². The summed E-state index contributed by atoms with van der Waals surface area (Å²) in [6.45, 7) is 1.77. The minimum atomic E-state index is -0.818. The van der Waals surface area contributed by atoms with Crippen molar-refractivity contribution in [2.45, 2.75) is 19.5 Å². The Kier molecular flexibility index (Phi) is 6.08. The second kappa shape index (κ2) is 8.80. The van der Waals surface area contributed by atoms with E-state index in [9.17, 15) is 14.7 Å². The summed E-state index contributed by atoms with van der Waals surface area (Å²) in [6.07, 6.45) is 1.74. The number of methoxy groups -OCH3 is 1. The highest BCUT2D eigenvalue weighted by Gasteiger charge is 2.45. The normalized spacial score (nSPS) is 16.1. The number of hydrogen-bond donors (Lipinski definition) is 1. The molecule has 1 aliphatic rings. The molecule has 0 radical (unpaired) electrons. The van der Waals surface area contributed by atoms with Gasteiger partial charge in [0, 0.05) is 11.2 Å². The number of aliphatic hydroxyl groups is 1. The average Bonchev–Trinajstić information content (AvgIpc) is 3.26. The number of anilines is 1. The molecular formula is C23H19BrClN3O4. The summed E-state index contributed by atoms with van der Waals surface area (Å²) in [5.74, 6) is -0.718. The zero-order valence-electron chi connectivity index (χ0n) is 17.3. The number of carbonyl (C=O) groups is 2. The summed E-state index contributed by atoms with van der Waals surface area (Å²) in [4.78, 5) is 26.7. The van der Waals surface area contributed by atoms with E-state index in [0.717, 1.165) is 5.56 Å². The number of Topliss-reactive ketones (excluding diaryl/α,β-unsaturated/α-hetero) is 1. The summed E-state index contributed by atoms with van der Waals surface area (Å²) >= 11 is 9.43. The SMILES string of the molecule is COc1ccc([C@@H]2C(C(C)=O)=C(O)C(=O)N2c2nn(Cc3ccc(Cl)cc3)cc2Br)cc1. The third kappa shape index (κ3) is 4.03. The molecule has 164 valence electrons. The molecular weight excluding hydrogens is 498 g/mol. The Bertz CT molecular complexity index is 1220. The predicted molar refractivity (Wildman–Crippen MR) is 124 cm³/mol. The zero-order valence-corrected chi connectivity index (χ0v) is 19.6. The van der Waals surface area contributed by atoms with Crippen molar-refractivity contribution in [3.05, 3.63) is 86.7 Å². The smallest absolute Gasteiger partial charge is 0.295 e. The van der Waals surface area contributed by atoms with Crippen LogP contribution in [0.4, 0.5) is 5.82 Å². The van der Waals surface area contributed by atoms with Crippen molar-refractivity contribution in [2.24, 2.45) is 0 Å². The van der Waals surface area contributed by atoms with Crippen LogP contribution in [0, 0.1) is 0 Å². The molecule has 1 atom stereocenters. The van der Waals surface area contributed by atoms with E-state index in [1.807, 2.05) is 12.1 Å². The van der Waals surface area contributed by atoms with Crippen molar-refractivity contribution in [3.8, 4) is 5.75 Å². The number of ketones is 1. The minimum Gasteiger partial charge on any atom is -0.503 e. The number of nitrogens with zero attached hydrogens (tertiary/aromatic N) is 3. The van der Waals surface area contributed by atoms with Gasteiger partial charge in [-0.25, -0.2) is 0 Å². The lowest BCUT2D eigenvalue weighted by Gasteiger charge is -2.25. The van der Waals surface area contributed by atoms with Crippen LogP contribution in [-0.4, -0.2) is 33.7 Å². The Balaban J connectivity index is 1.75. The summed E-state index contributed by atoms with van der Waals surface area (Å²) in [5.41, 5.74) is 1.65. The van der Waals surface area contributed by atoms with E-state index in [4.69, 9.17) is 16.3 Å². The molecule has 32 heavy (non-hydrogen) atoms. The molecule has 2 aromatic carbocycles. The predicted octanol–water partition coefficient (Wildman–Crippen LogP) is 4.84. The lowest BCUT2D eigenvalue weighted by molar-refractivity contribution is -0.117. The van der Waals surface area contributed by atoms with E-state index in [1.54, 1.807) is 54.4 Å². The van der Waals surface area contributed by atoms with E-state index in [0.29, 0.717) is 33.2 Å². The number of hydrogen-bond acceptors (Lipinski definition) is 5. The van der Waals surface area contributed by atoms with E-state index in [-0.39, 0.29) is 5.57 Å². The zero-order chi connectivity index (χ0) is 23.0. The standard InChI is InChI=1S/C23H19BrClN3O4/c1-13(29)19-20(15-5-9-17(32-2)10-6-15)28(23(31)21(19)30)22-18(24)12-27(26-22)11-14-3-7-16(25)8-4-14/h3-10,12,20,30H,11H2,1-2H3/t20-/m1/s1. The first-order valence-electron chi connectivity index (χ1n) is 9.69. The van der Waals surface area contributed by atoms with Crippen molar-refractivity contribution >= 4 is 45.0 Å². The Morgan fingerprint density at radius 1 is 1.19 bits per heavy atom. The van der Waals surface area contributed by atoms with Crippen molar-refractivity contribution in [3.63, 3.8) is 0 Å². The highest BCUT2D eigenvalue weighted by molar-refractivity contribution is 9.10. The van der Waals surface area contributed by atoms with Crippen LogP contribution in [0.1, 0.15) is 24.1 Å². The van der Waals surface area contributed by atoms with Crippen molar-refractivity contribution in [1.29, 1.82) is 0 Å². The van der Waals surface area contributed by atoms with Crippen molar-refractivity contribution < 1.29 is 19.4 Å². The molecule has 1 amide bonds. The first kappa shape index (κ1) is 22.1. The van der Waals surface area contributed by atoms with Crippen molar-refractivity contribution in [1.82, 2.24) is 9.78 Å². The van der Waals surface area contributed by atoms with Gasteiger partial charge in [0.15, 0.2) is 17.4 Å². The van der Waals surface area contributed by atoms with Gasteiger partial charge in [-0.2, -0.15) is 5.10 Å². The Morgan fingerprint density at radius 2 is 1.84 bits per heavy atom. The monoisotopic (exact) mass is 515 g/mol. The van der Waals surface area contributed by atoms with Gasteiger partial charge < -0.3 is 9.84 Å². The van der Waals surface area contributed by atoms with Crippen LogP contribution < -0.4 is 9.64 Å². The number of ether oxygens (including phenoxy) is 1. The maximum atomic E-state index is 13.0. The van der Waals surface area contributed by atoms with Crippen LogP contribution in [0.25, 0.3) is 0 Å². The fraction of sp³-hybridized carbons (Fsp3) is 0.174. The summed E-state index contributed by atoms with van der Waals surface area (Å²) in [5, 5.41) is 15.7. The molecule has 1 N–H and O–H groups in total. The number of amides is 1. The second-order valence-electron chi connectivity index (χ2n) is 7.29. The number of carbonyl (C=O) groups excluding carboxylic acids is 2. The quantitative estimate of drug-likeness (QED) is 0.507. The number of benzene rings is 2. The highest BCUT2D eigenvalue weighted by Crippen LogP contribution is 2.42. The summed E-state index contributed by atoms with van der Waals surface area (Å²) in [7, 11) is 1.55. The lowest BCUT2D eigenvalue weighted by Crippen LogP contribution is -2.31. The molecule has 7 nitrogen and oxygen atoms in total. The molecule has 0 aliphatic carbocycles. The summed E-state index contributed by atoms with van der Waals surface area (Å²) < 4.78 is 7.43. The number of halogens is 2. The molecule has 1 aliphatic heterocycles. The van der Waals surface area contributed by atoms with Crippen LogP contribution in [0.3, 0.4) is 0 Å². The third-order valence-corrected chi connectivity index (χ3v) is 6.02. The van der Waals surface area contributed by atoms with Gasteiger partial charge in [0.25, 0.3) is 5.91 Å². The van der Waals surface area contributed by atoms with E-state index in [2.05, 4.69) is 21.0 Å². The van der Waals surface area contributed by atoms with E-state index < -0.39 is 23.5 Å². The Morgan fingerprint density at radius 3 is 2.44 bits per heavy atom. The Labute approximate surface area is 198 Å². The number of rotatable bonds is 6. The first-order chi connectivity index (χ1) is 15.3.